The van der Waals surface area contributed by atoms with Gasteiger partial charge in [-0.2, -0.15) is 5.10 Å². The second-order valence-corrected chi connectivity index (χ2v) is 4.43. The number of carbonyl (C=O) groups is 1. The second kappa shape index (κ2) is 4.33. The average Bonchev–Trinajstić information content (AvgIpc) is 2.47. The van der Waals surface area contributed by atoms with Gasteiger partial charge in [0.15, 0.2) is 0 Å². The number of hydrogen-bond donors (Lipinski definition) is 1. The lowest BCUT2D eigenvalue weighted by molar-refractivity contribution is -0.112. The Balaban J connectivity index is 3.21. The van der Waals surface area contributed by atoms with E-state index in [-0.39, 0.29) is 12.5 Å². The first kappa shape index (κ1) is 12.2. The minimum Gasteiger partial charge on any atom is -0.383 e. The lowest BCUT2D eigenvalue weighted by Crippen LogP contribution is -2.27. The fraction of sp³-hybridized carbons (Fsp3) is 0.600. The fourth-order valence-corrected chi connectivity index (χ4v) is 1.83. The van der Waals surface area contributed by atoms with Crippen LogP contribution in [-0.2, 0) is 10.4 Å². The third-order valence-electron chi connectivity index (χ3n) is 2.23. The summed E-state index contributed by atoms with van der Waals surface area (Å²) in [5.74, 6) is 0. The number of aldehydes is 1. The van der Waals surface area contributed by atoms with Crippen LogP contribution in [0.25, 0.3) is 0 Å². The van der Waals surface area contributed by atoms with Crippen LogP contribution in [0.2, 0.25) is 5.02 Å². The Morgan fingerprint density at radius 1 is 1.73 bits per heavy atom. The van der Waals surface area contributed by atoms with Crippen LogP contribution in [0.15, 0.2) is 6.20 Å². The Labute approximate surface area is 93.9 Å². The van der Waals surface area contributed by atoms with Crippen molar-refractivity contribution < 1.29 is 9.90 Å². The van der Waals surface area contributed by atoms with Crippen LogP contribution in [0, 0.1) is 0 Å². The van der Waals surface area contributed by atoms with E-state index in [4.69, 9.17) is 11.6 Å². The maximum atomic E-state index is 10.5. The van der Waals surface area contributed by atoms with Crippen LogP contribution in [-0.4, -0.2) is 21.2 Å². The van der Waals surface area contributed by atoms with Crippen LogP contribution in [0.1, 0.15) is 38.9 Å². The quantitative estimate of drug-likeness (QED) is 0.804. The summed E-state index contributed by atoms with van der Waals surface area (Å²) in [5.41, 5.74) is -0.772. The highest BCUT2D eigenvalue weighted by Gasteiger charge is 2.30. The Morgan fingerprint density at radius 3 is 2.80 bits per heavy atom. The van der Waals surface area contributed by atoms with Gasteiger partial charge in [-0.1, -0.05) is 11.6 Å². The number of aromatic nitrogens is 2. The van der Waals surface area contributed by atoms with Crippen LogP contribution in [0.4, 0.5) is 0 Å². The molecule has 0 spiro atoms. The molecule has 0 fully saturated rings. The molecule has 0 aliphatic rings. The topological polar surface area (TPSA) is 55.1 Å². The van der Waals surface area contributed by atoms with Crippen molar-refractivity contribution >= 4 is 17.9 Å². The summed E-state index contributed by atoms with van der Waals surface area (Å²) < 4.78 is 1.63. The number of hydrogen-bond acceptors (Lipinski definition) is 3. The molecule has 1 rings (SSSR count). The van der Waals surface area contributed by atoms with Crippen molar-refractivity contribution in [3.8, 4) is 0 Å². The standard InChI is InChI=1S/C10H15ClN2O2/c1-7(2)13-9(8(11)6-12-13)10(3,15)4-5-14/h5-7,15H,4H2,1-3H3. The molecule has 0 saturated carbocycles. The first-order valence-corrected chi connectivity index (χ1v) is 5.17. The molecule has 0 amide bonds. The Kier molecular flexibility index (Phi) is 3.52. The zero-order valence-corrected chi connectivity index (χ0v) is 9.82. The number of nitrogens with zero attached hydrogens (tertiary/aromatic N) is 2. The number of rotatable bonds is 4. The molecule has 0 aliphatic heterocycles. The molecule has 1 atom stereocenters. The summed E-state index contributed by atoms with van der Waals surface area (Å²) in [4.78, 5) is 10.5. The Morgan fingerprint density at radius 2 is 2.33 bits per heavy atom. The molecule has 1 aromatic heterocycles. The van der Waals surface area contributed by atoms with E-state index < -0.39 is 5.60 Å². The highest BCUT2D eigenvalue weighted by molar-refractivity contribution is 6.31. The van der Waals surface area contributed by atoms with Gasteiger partial charge in [0, 0.05) is 12.5 Å². The summed E-state index contributed by atoms with van der Waals surface area (Å²) in [6, 6.07) is 0.0885. The Bertz CT molecular complexity index is 358. The number of carbonyl (C=O) groups excluding carboxylic acids is 1. The van der Waals surface area contributed by atoms with Crippen molar-refractivity contribution in [2.24, 2.45) is 0 Å². The molecule has 0 radical (unpaired) electrons. The highest BCUT2D eigenvalue weighted by Crippen LogP contribution is 2.31. The zero-order valence-electron chi connectivity index (χ0n) is 9.07. The largest absolute Gasteiger partial charge is 0.383 e. The van der Waals surface area contributed by atoms with E-state index in [2.05, 4.69) is 5.10 Å². The van der Waals surface area contributed by atoms with Crippen molar-refractivity contribution in [2.75, 3.05) is 0 Å². The van der Waals surface area contributed by atoms with E-state index in [0.29, 0.717) is 17.0 Å². The molecule has 0 aliphatic carbocycles. The summed E-state index contributed by atoms with van der Waals surface area (Å²) in [5, 5.41) is 14.6. The molecule has 1 heterocycles. The fourth-order valence-electron chi connectivity index (χ4n) is 1.50. The molecule has 1 N–H and O–H groups in total. The van der Waals surface area contributed by atoms with Gasteiger partial charge in [0.1, 0.15) is 11.9 Å². The van der Waals surface area contributed by atoms with Gasteiger partial charge in [0.25, 0.3) is 0 Å². The lowest BCUT2D eigenvalue weighted by atomic mass is 9.98. The SMILES string of the molecule is CC(C)n1ncc(Cl)c1C(C)(O)CC=O. The van der Waals surface area contributed by atoms with Gasteiger partial charge in [-0.25, -0.2) is 0 Å². The predicted octanol–water partition coefficient (Wildman–Crippen LogP) is 1.91. The molecular formula is C10H15ClN2O2. The molecular weight excluding hydrogens is 216 g/mol. The van der Waals surface area contributed by atoms with E-state index in [1.165, 1.54) is 6.20 Å². The van der Waals surface area contributed by atoms with Crippen molar-refractivity contribution in [2.45, 2.75) is 38.8 Å². The van der Waals surface area contributed by atoms with Crippen LogP contribution in [0.3, 0.4) is 0 Å². The maximum Gasteiger partial charge on any atom is 0.123 e. The Hall–Kier alpha value is -0.870. The molecule has 5 heteroatoms. The van der Waals surface area contributed by atoms with E-state index in [1.807, 2.05) is 13.8 Å². The summed E-state index contributed by atoms with van der Waals surface area (Å²) in [6.07, 6.45) is 2.16. The van der Waals surface area contributed by atoms with Crippen molar-refractivity contribution in [3.63, 3.8) is 0 Å². The van der Waals surface area contributed by atoms with E-state index in [0.717, 1.165) is 0 Å². The van der Waals surface area contributed by atoms with Gasteiger partial charge < -0.3 is 9.90 Å². The highest BCUT2D eigenvalue weighted by atomic mass is 35.5. The molecule has 1 aromatic rings. The normalized spacial score (nSPS) is 15.3. The van der Waals surface area contributed by atoms with E-state index in [1.54, 1.807) is 11.6 Å². The molecule has 1 unspecified atom stereocenters. The third kappa shape index (κ3) is 2.38. The molecule has 0 saturated heterocycles. The molecule has 0 aromatic carbocycles. The molecule has 0 bridgehead atoms. The number of aliphatic hydroxyl groups is 1. The molecule has 15 heavy (non-hydrogen) atoms. The number of halogens is 1. The van der Waals surface area contributed by atoms with E-state index in [9.17, 15) is 9.90 Å². The molecule has 84 valence electrons. The zero-order chi connectivity index (χ0) is 11.6. The van der Waals surface area contributed by atoms with Gasteiger partial charge in [-0.15, -0.1) is 0 Å². The summed E-state index contributed by atoms with van der Waals surface area (Å²) >= 11 is 5.95. The first-order chi connectivity index (χ1) is 6.90. The van der Waals surface area contributed by atoms with Gasteiger partial charge in [-0.05, 0) is 20.8 Å². The minimum absolute atomic E-state index is 0.00509. The average molecular weight is 231 g/mol. The van der Waals surface area contributed by atoms with Gasteiger partial charge in [-0.3, -0.25) is 4.68 Å². The van der Waals surface area contributed by atoms with Crippen molar-refractivity contribution in [1.29, 1.82) is 0 Å². The molecule has 4 nitrogen and oxygen atoms in total. The lowest BCUT2D eigenvalue weighted by Gasteiger charge is -2.24. The monoisotopic (exact) mass is 230 g/mol. The summed E-state index contributed by atoms with van der Waals surface area (Å²) in [7, 11) is 0. The van der Waals surface area contributed by atoms with E-state index >= 15 is 0 Å². The van der Waals surface area contributed by atoms with Gasteiger partial charge >= 0.3 is 0 Å². The van der Waals surface area contributed by atoms with Crippen LogP contribution < -0.4 is 0 Å². The smallest absolute Gasteiger partial charge is 0.123 e. The minimum atomic E-state index is -1.26. The van der Waals surface area contributed by atoms with Crippen LogP contribution >= 0.6 is 11.6 Å². The second-order valence-electron chi connectivity index (χ2n) is 4.02. The predicted molar refractivity (Wildman–Crippen MR) is 57.9 cm³/mol. The van der Waals surface area contributed by atoms with Gasteiger partial charge in [0.2, 0.25) is 0 Å². The van der Waals surface area contributed by atoms with Crippen molar-refractivity contribution in [3.05, 3.63) is 16.9 Å². The maximum absolute atomic E-state index is 10.5. The third-order valence-corrected chi connectivity index (χ3v) is 2.51. The first-order valence-electron chi connectivity index (χ1n) is 4.79. The van der Waals surface area contributed by atoms with Crippen LogP contribution in [0.5, 0.6) is 0 Å². The van der Waals surface area contributed by atoms with Gasteiger partial charge in [0.05, 0.1) is 16.9 Å². The van der Waals surface area contributed by atoms with Crippen molar-refractivity contribution in [1.82, 2.24) is 9.78 Å². The summed E-state index contributed by atoms with van der Waals surface area (Å²) in [6.45, 7) is 5.43.